The first-order valence-electron chi connectivity index (χ1n) is 15.3. The second-order valence-electron chi connectivity index (χ2n) is 13.5. The minimum absolute atomic E-state index is 0.129. The zero-order valence-corrected chi connectivity index (χ0v) is 32.2. The molecule has 2 amide bonds. The van der Waals surface area contributed by atoms with Crippen LogP contribution in [0.5, 0.6) is 0 Å². The standard InChI is InChI=1S/2C15H22BrClN4O2/c2*1-9-6-5-7-11(9)21(20-14(22)23-15(2,3)4)12-10(16)8-18-13(17)19-12/h2*8-9,11H,5-7H2,1-4H3,(H,20,22)/t2*9-,11+/m10/s1. The van der Waals surface area contributed by atoms with E-state index in [-0.39, 0.29) is 22.7 Å². The average Bonchev–Trinajstić information content (AvgIpc) is 3.55. The summed E-state index contributed by atoms with van der Waals surface area (Å²) in [5.41, 5.74) is 4.50. The van der Waals surface area contributed by atoms with Gasteiger partial charge in [-0.05, 0) is 134 Å². The van der Waals surface area contributed by atoms with Crippen LogP contribution >= 0.6 is 55.1 Å². The summed E-state index contributed by atoms with van der Waals surface area (Å²) in [6, 6.07) is 0.259. The lowest BCUT2D eigenvalue weighted by Crippen LogP contribution is -2.51. The highest BCUT2D eigenvalue weighted by Crippen LogP contribution is 2.35. The fraction of sp³-hybridized carbons (Fsp3) is 0.667. The first kappa shape index (κ1) is 38.3. The molecule has 4 atom stereocenters. The quantitative estimate of drug-likeness (QED) is 0.216. The molecular formula is C30H44Br2Cl2N8O4. The van der Waals surface area contributed by atoms with E-state index in [1.807, 2.05) is 41.5 Å². The zero-order valence-electron chi connectivity index (χ0n) is 27.5. The summed E-state index contributed by atoms with van der Waals surface area (Å²) in [6.45, 7) is 15.3. The number of nitrogens with zero attached hydrogens (tertiary/aromatic N) is 6. The predicted molar refractivity (Wildman–Crippen MR) is 187 cm³/mol. The van der Waals surface area contributed by atoms with Gasteiger partial charge in [0.2, 0.25) is 10.6 Å². The number of hydrogen-bond acceptors (Lipinski definition) is 10. The van der Waals surface area contributed by atoms with Gasteiger partial charge in [0.15, 0.2) is 11.6 Å². The van der Waals surface area contributed by atoms with Crippen molar-refractivity contribution in [2.24, 2.45) is 11.8 Å². The van der Waals surface area contributed by atoms with E-state index in [0.29, 0.717) is 32.4 Å². The van der Waals surface area contributed by atoms with Gasteiger partial charge in [0.1, 0.15) is 11.2 Å². The number of ether oxygens (including phenoxy) is 2. The van der Waals surface area contributed by atoms with Crippen LogP contribution in [0, 0.1) is 11.8 Å². The van der Waals surface area contributed by atoms with Crippen molar-refractivity contribution in [1.29, 1.82) is 0 Å². The lowest BCUT2D eigenvalue weighted by molar-refractivity contribution is 0.0500. The number of carbonyl (C=O) groups is 2. The smallest absolute Gasteiger partial charge is 0.426 e. The largest absolute Gasteiger partial charge is 0.443 e. The maximum Gasteiger partial charge on any atom is 0.426 e. The molecule has 0 aliphatic heterocycles. The molecule has 2 heterocycles. The molecular weight excluding hydrogens is 767 g/mol. The molecule has 46 heavy (non-hydrogen) atoms. The molecule has 2 aromatic heterocycles. The van der Waals surface area contributed by atoms with Crippen molar-refractivity contribution in [3.05, 3.63) is 31.9 Å². The Morgan fingerprint density at radius 2 is 1.09 bits per heavy atom. The molecule has 2 fully saturated rings. The van der Waals surface area contributed by atoms with Crippen molar-refractivity contribution >= 4 is 78.9 Å². The normalized spacial score (nSPS) is 21.1. The van der Waals surface area contributed by atoms with Crippen LogP contribution in [0.2, 0.25) is 10.6 Å². The van der Waals surface area contributed by atoms with Gasteiger partial charge in [0.25, 0.3) is 0 Å². The average molecular weight is 811 g/mol. The molecule has 0 radical (unpaired) electrons. The van der Waals surface area contributed by atoms with Crippen molar-refractivity contribution < 1.29 is 19.1 Å². The minimum atomic E-state index is -0.572. The van der Waals surface area contributed by atoms with Crippen LogP contribution in [0.25, 0.3) is 0 Å². The molecule has 0 spiro atoms. The molecule has 2 aliphatic rings. The summed E-state index contributed by atoms with van der Waals surface area (Å²) < 4.78 is 12.1. The van der Waals surface area contributed by atoms with Crippen LogP contribution in [0.3, 0.4) is 0 Å². The number of hydrazine groups is 2. The number of rotatable bonds is 6. The third kappa shape index (κ3) is 11.5. The molecule has 16 heteroatoms. The molecule has 0 unspecified atom stereocenters. The molecule has 0 bridgehead atoms. The minimum Gasteiger partial charge on any atom is -0.443 e. The van der Waals surface area contributed by atoms with Crippen molar-refractivity contribution in [2.45, 2.75) is 117 Å². The molecule has 2 aromatic rings. The van der Waals surface area contributed by atoms with Gasteiger partial charge in [-0.25, -0.2) is 30.4 Å². The molecule has 0 aromatic carbocycles. The van der Waals surface area contributed by atoms with Crippen LogP contribution in [-0.2, 0) is 9.47 Å². The van der Waals surface area contributed by atoms with Gasteiger partial charge in [0.05, 0.1) is 21.0 Å². The third-order valence-corrected chi connectivity index (χ3v) is 8.85. The van der Waals surface area contributed by atoms with E-state index < -0.39 is 23.4 Å². The lowest BCUT2D eigenvalue weighted by Gasteiger charge is -2.34. The van der Waals surface area contributed by atoms with Crippen LogP contribution in [0.1, 0.15) is 93.9 Å². The second kappa shape index (κ2) is 16.3. The van der Waals surface area contributed by atoms with Gasteiger partial charge in [-0.3, -0.25) is 10.0 Å². The SMILES string of the molecule is C[C@@H]1CCC[C@@H]1N(NC(=O)OC(C)(C)C)c1nc(Cl)ncc1Br.C[C@H]1CCC[C@H]1N(NC(=O)OC(C)(C)C)c1nc(Cl)ncc1Br. The number of carbonyl (C=O) groups excluding carboxylic acids is 2. The van der Waals surface area contributed by atoms with Gasteiger partial charge in [0, 0.05) is 12.4 Å². The van der Waals surface area contributed by atoms with Gasteiger partial charge >= 0.3 is 12.2 Å². The van der Waals surface area contributed by atoms with Crippen molar-refractivity contribution in [3.63, 3.8) is 0 Å². The van der Waals surface area contributed by atoms with Crippen molar-refractivity contribution in [1.82, 2.24) is 30.8 Å². The lowest BCUT2D eigenvalue weighted by atomic mass is 10.1. The van der Waals surface area contributed by atoms with Gasteiger partial charge < -0.3 is 9.47 Å². The Labute approximate surface area is 298 Å². The van der Waals surface area contributed by atoms with Crippen LogP contribution < -0.4 is 20.9 Å². The Kier molecular flexibility index (Phi) is 13.6. The molecule has 4 rings (SSSR count). The maximum atomic E-state index is 12.2. The highest BCUT2D eigenvalue weighted by Gasteiger charge is 2.35. The Morgan fingerprint density at radius 1 is 0.739 bits per heavy atom. The molecule has 2 saturated carbocycles. The van der Waals surface area contributed by atoms with Crippen LogP contribution in [0.15, 0.2) is 21.3 Å². The Morgan fingerprint density at radius 3 is 1.37 bits per heavy atom. The Bertz CT molecular complexity index is 1260. The van der Waals surface area contributed by atoms with E-state index in [9.17, 15) is 9.59 Å². The number of hydrogen-bond donors (Lipinski definition) is 2. The second-order valence-corrected chi connectivity index (χ2v) is 15.9. The molecule has 2 N–H and O–H groups in total. The Hall–Kier alpha value is -2.16. The summed E-state index contributed by atoms with van der Waals surface area (Å²) in [4.78, 5) is 40.9. The third-order valence-electron chi connectivity index (χ3n) is 7.37. The van der Waals surface area contributed by atoms with Gasteiger partial charge in [-0.2, -0.15) is 9.97 Å². The molecule has 256 valence electrons. The van der Waals surface area contributed by atoms with E-state index >= 15 is 0 Å². The first-order valence-corrected chi connectivity index (χ1v) is 17.6. The molecule has 2 aliphatic carbocycles. The summed E-state index contributed by atoms with van der Waals surface area (Å²) in [5.74, 6) is 1.92. The highest BCUT2D eigenvalue weighted by molar-refractivity contribution is 9.11. The maximum absolute atomic E-state index is 12.2. The number of amides is 2. The van der Waals surface area contributed by atoms with E-state index in [2.05, 4.69) is 76.5 Å². The molecule has 12 nitrogen and oxygen atoms in total. The zero-order chi connectivity index (χ0) is 34.4. The van der Waals surface area contributed by atoms with Gasteiger partial charge in [-0.15, -0.1) is 0 Å². The van der Waals surface area contributed by atoms with E-state index in [0.717, 1.165) is 38.5 Å². The van der Waals surface area contributed by atoms with Gasteiger partial charge in [-0.1, -0.05) is 26.7 Å². The van der Waals surface area contributed by atoms with Crippen molar-refractivity contribution in [2.75, 3.05) is 10.0 Å². The number of nitrogens with one attached hydrogen (secondary N) is 2. The fourth-order valence-electron chi connectivity index (χ4n) is 5.42. The van der Waals surface area contributed by atoms with E-state index in [1.54, 1.807) is 22.4 Å². The fourth-order valence-corrected chi connectivity index (χ4v) is 6.44. The number of halogens is 4. The monoisotopic (exact) mass is 808 g/mol. The van der Waals surface area contributed by atoms with Crippen LogP contribution in [-0.4, -0.2) is 55.4 Å². The number of anilines is 2. The first-order chi connectivity index (χ1) is 21.3. The molecule has 0 saturated heterocycles. The summed E-state index contributed by atoms with van der Waals surface area (Å²) in [5, 5.41) is 3.77. The topological polar surface area (TPSA) is 135 Å². The summed E-state index contributed by atoms with van der Waals surface area (Å²) in [6.07, 6.45) is 8.47. The van der Waals surface area contributed by atoms with Crippen molar-refractivity contribution in [3.8, 4) is 0 Å². The summed E-state index contributed by atoms with van der Waals surface area (Å²) >= 11 is 18.7. The number of aromatic nitrogens is 4. The predicted octanol–water partition coefficient (Wildman–Crippen LogP) is 8.65. The van der Waals surface area contributed by atoms with E-state index in [4.69, 9.17) is 32.7 Å². The van der Waals surface area contributed by atoms with Crippen LogP contribution in [0.4, 0.5) is 21.2 Å². The van der Waals surface area contributed by atoms with E-state index in [1.165, 1.54) is 0 Å². The Balaban J connectivity index is 0.000000250. The highest BCUT2D eigenvalue weighted by atomic mass is 79.9. The summed E-state index contributed by atoms with van der Waals surface area (Å²) in [7, 11) is 0.